The molecule has 1 aromatic heterocycles. The van der Waals surface area contributed by atoms with Crippen molar-refractivity contribution in [2.24, 2.45) is 5.73 Å². The minimum Gasteiger partial charge on any atom is -0.454 e. The molecule has 2 aromatic carbocycles. The maximum absolute atomic E-state index is 12.5. The van der Waals surface area contributed by atoms with Gasteiger partial charge in [-0.05, 0) is 49.1 Å². The van der Waals surface area contributed by atoms with Crippen molar-refractivity contribution in [1.29, 1.82) is 0 Å². The summed E-state index contributed by atoms with van der Waals surface area (Å²) in [5.74, 6) is 1.37. The topological polar surface area (TPSA) is 89.4 Å². The van der Waals surface area contributed by atoms with E-state index in [9.17, 15) is 4.79 Å². The number of nitrogens with two attached hydrogens (primary N) is 1. The summed E-state index contributed by atoms with van der Waals surface area (Å²) in [4.78, 5) is 15.7. The standard InChI is InChI=1S/C21H23N3O3/c1-13(8-14-6-7-19-20(9-14)27-12-26-19)24-21(25)17(22)10-15-11-23-18-5-3-2-4-16(15)18/h2-7,9,11,13,17,23H,8,10,12,22H2,1H3,(H,24,25). The van der Waals surface area contributed by atoms with Crippen LogP contribution in [0, 0.1) is 0 Å². The summed E-state index contributed by atoms with van der Waals surface area (Å²) in [5.41, 5.74) is 9.34. The van der Waals surface area contributed by atoms with Gasteiger partial charge >= 0.3 is 0 Å². The normalized spacial score (nSPS) is 14.9. The van der Waals surface area contributed by atoms with E-state index < -0.39 is 6.04 Å². The first kappa shape index (κ1) is 17.4. The summed E-state index contributed by atoms with van der Waals surface area (Å²) in [6.07, 6.45) is 3.11. The van der Waals surface area contributed by atoms with Gasteiger partial charge in [-0.25, -0.2) is 0 Å². The monoisotopic (exact) mass is 365 g/mol. The Morgan fingerprint density at radius 2 is 2.00 bits per heavy atom. The van der Waals surface area contributed by atoms with Gasteiger partial charge in [-0.2, -0.15) is 0 Å². The Balaban J connectivity index is 1.35. The summed E-state index contributed by atoms with van der Waals surface area (Å²) in [7, 11) is 0. The first-order valence-corrected chi connectivity index (χ1v) is 9.09. The van der Waals surface area contributed by atoms with Gasteiger partial charge in [0.1, 0.15) is 0 Å². The Morgan fingerprint density at radius 1 is 1.19 bits per heavy atom. The van der Waals surface area contributed by atoms with Crippen LogP contribution in [0.5, 0.6) is 11.5 Å². The third-order valence-electron chi connectivity index (χ3n) is 4.82. The second kappa shape index (κ2) is 7.32. The number of nitrogens with one attached hydrogen (secondary N) is 2. The predicted molar refractivity (Wildman–Crippen MR) is 104 cm³/mol. The number of carbonyl (C=O) groups is 1. The van der Waals surface area contributed by atoms with Gasteiger partial charge in [0.05, 0.1) is 6.04 Å². The number of ether oxygens (including phenoxy) is 2. The number of benzene rings is 2. The lowest BCUT2D eigenvalue weighted by atomic mass is 10.0. The number of para-hydroxylation sites is 1. The number of rotatable bonds is 6. The molecule has 0 radical (unpaired) electrons. The molecule has 0 spiro atoms. The summed E-state index contributed by atoms with van der Waals surface area (Å²) >= 11 is 0. The molecule has 1 aliphatic rings. The Morgan fingerprint density at radius 3 is 2.89 bits per heavy atom. The zero-order chi connectivity index (χ0) is 18.8. The molecule has 4 N–H and O–H groups in total. The van der Waals surface area contributed by atoms with E-state index in [1.807, 2.05) is 55.6 Å². The number of aromatic nitrogens is 1. The largest absolute Gasteiger partial charge is 0.454 e. The second-order valence-electron chi connectivity index (χ2n) is 6.97. The van der Waals surface area contributed by atoms with Gasteiger partial charge in [-0.1, -0.05) is 24.3 Å². The van der Waals surface area contributed by atoms with E-state index in [0.717, 1.165) is 33.5 Å². The Hall–Kier alpha value is -2.99. The summed E-state index contributed by atoms with van der Waals surface area (Å²) < 4.78 is 10.7. The van der Waals surface area contributed by atoms with Gasteiger partial charge < -0.3 is 25.5 Å². The molecule has 2 heterocycles. The molecular formula is C21H23N3O3. The van der Waals surface area contributed by atoms with Crippen molar-refractivity contribution in [1.82, 2.24) is 10.3 Å². The van der Waals surface area contributed by atoms with Crippen molar-refractivity contribution in [3.8, 4) is 11.5 Å². The maximum Gasteiger partial charge on any atom is 0.237 e. The van der Waals surface area contributed by atoms with Crippen LogP contribution in [0.25, 0.3) is 10.9 Å². The summed E-state index contributed by atoms with van der Waals surface area (Å²) in [6.45, 7) is 2.23. The fourth-order valence-electron chi connectivity index (χ4n) is 3.45. The van der Waals surface area contributed by atoms with Crippen LogP contribution in [-0.2, 0) is 17.6 Å². The molecule has 0 saturated carbocycles. The molecular weight excluding hydrogens is 342 g/mol. The zero-order valence-electron chi connectivity index (χ0n) is 15.2. The zero-order valence-corrected chi connectivity index (χ0v) is 15.2. The molecule has 0 bridgehead atoms. The first-order valence-electron chi connectivity index (χ1n) is 9.09. The number of hydrogen-bond donors (Lipinski definition) is 3. The number of aromatic amines is 1. The summed E-state index contributed by atoms with van der Waals surface area (Å²) in [5, 5.41) is 4.12. The average Bonchev–Trinajstić information content (AvgIpc) is 3.28. The van der Waals surface area contributed by atoms with E-state index in [-0.39, 0.29) is 18.7 Å². The van der Waals surface area contributed by atoms with E-state index in [4.69, 9.17) is 15.2 Å². The lowest BCUT2D eigenvalue weighted by molar-refractivity contribution is -0.122. The molecule has 4 rings (SSSR count). The van der Waals surface area contributed by atoms with Crippen LogP contribution in [0.2, 0.25) is 0 Å². The molecule has 0 fully saturated rings. The number of hydrogen-bond acceptors (Lipinski definition) is 4. The molecule has 1 amide bonds. The number of fused-ring (bicyclic) bond motifs is 2. The van der Waals surface area contributed by atoms with Gasteiger partial charge in [-0.3, -0.25) is 4.79 Å². The molecule has 140 valence electrons. The van der Waals surface area contributed by atoms with Crippen LogP contribution in [-0.4, -0.2) is 29.8 Å². The van der Waals surface area contributed by atoms with E-state index in [0.29, 0.717) is 12.8 Å². The van der Waals surface area contributed by atoms with E-state index in [2.05, 4.69) is 10.3 Å². The molecule has 3 aromatic rings. The Bertz CT molecular complexity index is 966. The Labute approximate surface area is 157 Å². The third kappa shape index (κ3) is 3.75. The highest BCUT2D eigenvalue weighted by Crippen LogP contribution is 2.32. The molecule has 2 unspecified atom stereocenters. The van der Waals surface area contributed by atoms with Gasteiger partial charge in [0.2, 0.25) is 12.7 Å². The second-order valence-corrected chi connectivity index (χ2v) is 6.97. The van der Waals surface area contributed by atoms with Crippen LogP contribution in [0.15, 0.2) is 48.7 Å². The minimum atomic E-state index is -0.594. The highest BCUT2D eigenvalue weighted by atomic mass is 16.7. The molecule has 1 aliphatic heterocycles. The van der Waals surface area contributed by atoms with E-state index in [1.165, 1.54) is 0 Å². The number of carbonyl (C=O) groups excluding carboxylic acids is 1. The van der Waals surface area contributed by atoms with Crippen molar-refractivity contribution in [2.45, 2.75) is 31.8 Å². The lowest BCUT2D eigenvalue weighted by Gasteiger charge is -2.18. The molecule has 6 nitrogen and oxygen atoms in total. The fraction of sp³-hybridized carbons (Fsp3) is 0.286. The molecule has 27 heavy (non-hydrogen) atoms. The van der Waals surface area contributed by atoms with Gasteiger partial charge in [0.15, 0.2) is 11.5 Å². The van der Waals surface area contributed by atoms with Crippen LogP contribution in [0.1, 0.15) is 18.1 Å². The Kier molecular flexibility index (Phi) is 4.73. The highest BCUT2D eigenvalue weighted by molar-refractivity contribution is 5.86. The van der Waals surface area contributed by atoms with Crippen LogP contribution >= 0.6 is 0 Å². The van der Waals surface area contributed by atoms with Gasteiger partial charge in [-0.15, -0.1) is 0 Å². The van der Waals surface area contributed by atoms with E-state index >= 15 is 0 Å². The van der Waals surface area contributed by atoms with Crippen molar-refractivity contribution in [3.05, 3.63) is 59.8 Å². The van der Waals surface area contributed by atoms with Crippen molar-refractivity contribution < 1.29 is 14.3 Å². The van der Waals surface area contributed by atoms with Crippen molar-refractivity contribution in [3.63, 3.8) is 0 Å². The molecule has 6 heteroatoms. The van der Waals surface area contributed by atoms with Crippen molar-refractivity contribution in [2.75, 3.05) is 6.79 Å². The molecule has 2 atom stereocenters. The van der Waals surface area contributed by atoms with Crippen LogP contribution < -0.4 is 20.5 Å². The lowest BCUT2D eigenvalue weighted by Crippen LogP contribution is -2.46. The van der Waals surface area contributed by atoms with Crippen LogP contribution in [0.3, 0.4) is 0 Å². The first-order chi connectivity index (χ1) is 13.1. The SMILES string of the molecule is CC(Cc1ccc2c(c1)OCO2)NC(=O)C(N)Cc1c[nH]c2ccccc12. The third-order valence-corrected chi connectivity index (χ3v) is 4.82. The molecule has 0 aliphatic carbocycles. The van der Waals surface area contributed by atoms with Crippen LogP contribution in [0.4, 0.5) is 0 Å². The maximum atomic E-state index is 12.5. The van der Waals surface area contributed by atoms with Crippen molar-refractivity contribution >= 4 is 16.8 Å². The number of H-pyrrole nitrogens is 1. The predicted octanol–water partition coefficient (Wildman–Crippen LogP) is 2.51. The quantitative estimate of drug-likeness (QED) is 0.626. The minimum absolute atomic E-state index is 0.0353. The number of amides is 1. The van der Waals surface area contributed by atoms with E-state index in [1.54, 1.807) is 0 Å². The smallest absolute Gasteiger partial charge is 0.237 e. The average molecular weight is 365 g/mol. The summed E-state index contributed by atoms with van der Waals surface area (Å²) in [6, 6.07) is 13.2. The fourth-order valence-corrected chi connectivity index (χ4v) is 3.45. The molecule has 0 saturated heterocycles. The highest BCUT2D eigenvalue weighted by Gasteiger charge is 2.19. The van der Waals surface area contributed by atoms with Gasteiger partial charge in [0.25, 0.3) is 0 Å². The van der Waals surface area contributed by atoms with Gasteiger partial charge in [0, 0.05) is 23.1 Å².